The number of hydrogen-bond donors (Lipinski definition) is 0. The van der Waals surface area contributed by atoms with Crippen molar-refractivity contribution in [3.8, 4) is 0 Å². The molecular weight excluding hydrogens is 330 g/mol. The van der Waals surface area contributed by atoms with Gasteiger partial charge in [0.1, 0.15) is 12.3 Å². The van der Waals surface area contributed by atoms with Crippen LogP contribution in [0.1, 0.15) is 46.5 Å². The summed E-state index contributed by atoms with van der Waals surface area (Å²) < 4.78 is 10.6. The van der Waals surface area contributed by atoms with Gasteiger partial charge in [-0.15, -0.1) is 12.4 Å². The lowest BCUT2D eigenvalue weighted by molar-refractivity contribution is -0.144. The van der Waals surface area contributed by atoms with Crippen LogP contribution in [-0.2, 0) is 19.1 Å². The normalized spacial score (nSPS) is 19.7. The Balaban J connectivity index is 0.00000288. The Morgan fingerprint density at radius 1 is 1.33 bits per heavy atom. The van der Waals surface area contributed by atoms with Crippen LogP contribution < -0.4 is 0 Å². The topological polar surface area (TPSA) is 55.8 Å². The molecule has 2 heterocycles. The van der Waals surface area contributed by atoms with Crippen LogP contribution in [0, 0.1) is 5.92 Å². The Labute approximate surface area is 150 Å². The van der Waals surface area contributed by atoms with Crippen LogP contribution in [-0.4, -0.2) is 42.6 Å². The third-order valence-electron chi connectivity index (χ3n) is 4.12. The number of carbonyl (C=O) groups excluding carboxylic acids is 2. The average Bonchev–Trinajstić information content (AvgIpc) is 2.49. The molecule has 0 saturated carbocycles. The summed E-state index contributed by atoms with van der Waals surface area (Å²) in [6.07, 6.45) is 7.57. The molecule has 1 atom stereocenters. The third kappa shape index (κ3) is 5.26. The van der Waals surface area contributed by atoms with Crippen molar-refractivity contribution >= 4 is 24.3 Å². The van der Waals surface area contributed by atoms with Gasteiger partial charge in [0, 0.05) is 12.6 Å². The summed E-state index contributed by atoms with van der Waals surface area (Å²) in [7, 11) is 0. The zero-order chi connectivity index (χ0) is 16.8. The number of rotatable bonds is 7. The Hall–Kier alpha value is -1.49. The van der Waals surface area contributed by atoms with Crippen LogP contribution in [0.3, 0.4) is 0 Å². The second-order valence-electron chi connectivity index (χ2n) is 6.51. The first-order valence-electron chi connectivity index (χ1n) is 8.53. The molecule has 1 saturated heterocycles. The van der Waals surface area contributed by atoms with Crippen molar-refractivity contribution < 1.29 is 19.1 Å². The molecule has 2 aliphatic heterocycles. The number of ether oxygens (including phenoxy) is 2. The van der Waals surface area contributed by atoms with E-state index in [1.54, 1.807) is 6.08 Å². The van der Waals surface area contributed by atoms with Crippen molar-refractivity contribution in [1.82, 2.24) is 4.90 Å². The maximum Gasteiger partial charge on any atom is 0.354 e. The van der Waals surface area contributed by atoms with Crippen molar-refractivity contribution in [1.29, 1.82) is 0 Å². The number of fused-ring (bicyclic) bond motifs is 1. The van der Waals surface area contributed by atoms with Crippen LogP contribution in [0.15, 0.2) is 23.4 Å². The molecule has 0 aromatic carbocycles. The SMILES string of the molecule is CC/C=C(\COC(=O)C1=CCCC2CCN12)C(=O)OCC(C)C.Cl. The van der Waals surface area contributed by atoms with Crippen molar-refractivity contribution in [2.45, 2.75) is 52.5 Å². The first-order chi connectivity index (χ1) is 11.0. The van der Waals surface area contributed by atoms with Gasteiger partial charge in [-0.2, -0.15) is 0 Å². The van der Waals surface area contributed by atoms with Crippen molar-refractivity contribution in [3.63, 3.8) is 0 Å². The lowest BCUT2D eigenvalue weighted by Crippen LogP contribution is -2.50. The molecule has 1 unspecified atom stereocenters. The number of esters is 2. The molecule has 0 aromatic rings. The predicted molar refractivity (Wildman–Crippen MR) is 94.8 cm³/mol. The van der Waals surface area contributed by atoms with Crippen LogP contribution >= 0.6 is 12.4 Å². The van der Waals surface area contributed by atoms with E-state index in [-0.39, 0.29) is 30.9 Å². The molecule has 0 bridgehead atoms. The summed E-state index contributed by atoms with van der Waals surface area (Å²) in [6.45, 7) is 7.16. The monoisotopic (exact) mass is 357 g/mol. The largest absolute Gasteiger partial charge is 0.462 e. The smallest absolute Gasteiger partial charge is 0.354 e. The quantitative estimate of drug-likeness (QED) is 0.517. The fourth-order valence-corrected chi connectivity index (χ4v) is 2.79. The van der Waals surface area contributed by atoms with Gasteiger partial charge in [-0.3, -0.25) is 0 Å². The highest BCUT2D eigenvalue weighted by Crippen LogP contribution is 2.31. The highest BCUT2D eigenvalue weighted by molar-refractivity contribution is 5.91. The van der Waals surface area contributed by atoms with Gasteiger partial charge in [-0.25, -0.2) is 9.59 Å². The van der Waals surface area contributed by atoms with Gasteiger partial charge in [-0.1, -0.05) is 32.9 Å². The summed E-state index contributed by atoms with van der Waals surface area (Å²) in [4.78, 5) is 26.4. The van der Waals surface area contributed by atoms with Crippen molar-refractivity contribution in [2.24, 2.45) is 5.92 Å². The predicted octanol–water partition coefficient (Wildman–Crippen LogP) is 3.24. The summed E-state index contributed by atoms with van der Waals surface area (Å²) in [5.41, 5.74) is 1.07. The summed E-state index contributed by atoms with van der Waals surface area (Å²) >= 11 is 0. The molecule has 5 nitrogen and oxygen atoms in total. The van der Waals surface area contributed by atoms with Gasteiger partial charge < -0.3 is 14.4 Å². The zero-order valence-corrected chi connectivity index (χ0v) is 15.6. The molecule has 0 aromatic heterocycles. The fraction of sp³-hybridized carbons (Fsp3) is 0.667. The molecule has 6 heteroatoms. The van der Waals surface area contributed by atoms with E-state index in [1.807, 2.05) is 26.8 Å². The Morgan fingerprint density at radius 3 is 2.67 bits per heavy atom. The van der Waals surface area contributed by atoms with E-state index in [1.165, 1.54) is 0 Å². The number of allylic oxidation sites excluding steroid dienone is 2. The lowest BCUT2D eigenvalue weighted by Gasteiger charge is -2.45. The van der Waals surface area contributed by atoms with Gasteiger partial charge in [0.05, 0.1) is 12.2 Å². The zero-order valence-electron chi connectivity index (χ0n) is 14.7. The average molecular weight is 358 g/mol. The molecular formula is C18H28ClNO4. The number of carbonyl (C=O) groups is 2. The second-order valence-corrected chi connectivity index (χ2v) is 6.51. The first kappa shape index (κ1) is 20.6. The standard InChI is InChI=1S/C18H27NO4.ClH/c1-4-6-14(17(20)22-11-13(2)3)12-23-18(21)16-8-5-7-15-9-10-19(15)16;/h6,8,13,15H,4-5,7,9-12H2,1-3H3;1H/b14-6+;. The van der Waals surface area contributed by atoms with Crippen molar-refractivity contribution in [2.75, 3.05) is 19.8 Å². The molecule has 1 fully saturated rings. The van der Waals surface area contributed by atoms with Crippen LogP contribution in [0.4, 0.5) is 0 Å². The minimum Gasteiger partial charge on any atom is -0.462 e. The number of halogens is 1. The van der Waals surface area contributed by atoms with Gasteiger partial charge in [0.25, 0.3) is 0 Å². The third-order valence-corrected chi connectivity index (χ3v) is 4.12. The van der Waals surface area contributed by atoms with Crippen LogP contribution in [0.2, 0.25) is 0 Å². The summed E-state index contributed by atoms with van der Waals surface area (Å²) in [5, 5.41) is 0. The highest BCUT2D eigenvalue weighted by atomic mass is 35.5. The van der Waals surface area contributed by atoms with Crippen LogP contribution in [0.25, 0.3) is 0 Å². The fourth-order valence-electron chi connectivity index (χ4n) is 2.79. The molecule has 0 N–H and O–H groups in total. The lowest BCUT2D eigenvalue weighted by atomic mass is 9.92. The maximum absolute atomic E-state index is 12.3. The van der Waals surface area contributed by atoms with Gasteiger partial charge in [0.2, 0.25) is 0 Å². The summed E-state index contributed by atoms with van der Waals surface area (Å²) in [5.74, 6) is -0.457. The van der Waals surface area contributed by atoms with E-state index < -0.39 is 5.97 Å². The molecule has 0 aliphatic carbocycles. The number of nitrogens with zero attached hydrogens (tertiary/aromatic N) is 1. The second kappa shape index (κ2) is 9.72. The molecule has 2 rings (SSSR count). The Kier molecular flexibility index (Phi) is 8.32. The molecule has 0 amide bonds. The van der Waals surface area contributed by atoms with E-state index in [9.17, 15) is 9.59 Å². The van der Waals surface area contributed by atoms with Gasteiger partial charge in [-0.05, 0) is 31.6 Å². The highest BCUT2D eigenvalue weighted by Gasteiger charge is 2.35. The Morgan fingerprint density at radius 2 is 2.08 bits per heavy atom. The van der Waals surface area contributed by atoms with E-state index >= 15 is 0 Å². The Bertz CT molecular complexity index is 513. The molecule has 24 heavy (non-hydrogen) atoms. The van der Waals surface area contributed by atoms with Gasteiger partial charge >= 0.3 is 11.9 Å². The maximum atomic E-state index is 12.3. The number of hydrogen-bond acceptors (Lipinski definition) is 5. The summed E-state index contributed by atoms with van der Waals surface area (Å²) in [6, 6.07) is 0.490. The van der Waals surface area contributed by atoms with Crippen molar-refractivity contribution in [3.05, 3.63) is 23.4 Å². The van der Waals surface area contributed by atoms with E-state index in [0.717, 1.165) is 25.8 Å². The van der Waals surface area contributed by atoms with E-state index in [0.29, 0.717) is 30.3 Å². The molecule has 0 spiro atoms. The molecule has 2 aliphatic rings. The first-order valence-corrected chi connectivity index (χ1v) is 8.53. The molecule has 136 valence electrons. The minimum absolute atomic E-state index is 0. The minimum atomic E-state index is -0.396. The van der Waals surface area contributed by atoms with Gasteiger partial charge in [0.15, 0.2) is 0 Å². The van der Waals surface area contributed by atoms with E-state index in [4.69, 9.17) is 9.47 Å². The van der Waals surface area contributed by atoms with Crippen LogP contribution in [0.5, 0.6) is 0 Å². The van der Waals surface area contributed by atoms with E-state index in [2.05, 4.69) is 4.90 Å². The molecule has 0 radical (unpaired) electrons.